The highest BCUT2D eigenvalue weighted by molar-refractivity contribution is 6.03. The van der Waals surface area contributed by atoms with Crippen molar-refractivity contribution >= 4 is 17.3 Å². The summed E-state index contributed by atoms with van der Waals surface area (Å²) in [6, 6.07) is 13.9. The number of hydrogen-bond donors (Lipinski definition) is 6. The smallest absolute Gasteiger partial charge is 0.163 e. The lowest BCUT2D eigenvalue weighted by molar-refractivity contribution is -0.215. The zero-order valence-corrected chi connectivity index (χ0v) is 38.7. The molecule has 0 bridgehead atoms. The fourth-order valence-corrected chi connectivity index (χ4v) is 16.8. The molecule has 1 heterocycles. The molecule has 15 atom stereocenters. The molecule has 2 aromatic carbocycles. The number of hydrogen-bond acceptors (Lipinski definition) is 9. The number of aromatic hydroxyl groups is 1. The number of nitrogen functional groups attached to an aromatic ring is 1. The van der Waals surface area contributed by atoms with Crippen LogP contribution in [0.5, 0.6) is 5.75 Å². The molecule has 62 heavy (non-hydrogen) atoms. The molecule has 7 aliphatic rings. The van der Waals surface area contributed by atoms with E-state index in [9.17, 15) is 20.1 Å². The number of benzene rings is 2. The van der Waals surface area contributed by atoms with E-state index in [0.717, 1.165) is 80.2 Å². The van der Waals surface area contributed by atoms with E-state index in [1.54, 1.807) is 6.07 Å². The van der Waals surface area contributed by atoms with Gasteiger partial charge in [-0.05, 0) is 166 Å². The number of Topliss-reactive ketones (excluding diaryl/α,β-unsaturated/α-hetero) is 2. The van der Waals surface area contributed by atoms with E-state index >= 15 is 4.79 Å². The van der Waals surface area contributed by atoms with Crippen LogP contribution in [0.3, 0.4) is 0 Å². The molecule has 0 amide bonds. The third kappa shape index (κ3) is 6.54. The molecule has 0 aromatic heterocycles. The predicted octanol–water partition coefficient (Wildman–Crippen LogP) is 8.35. The van der Waals surface area contributed by atoms with Crippen LogP contribution in [0.1, 0.15) is 148 Å². The minimum atomic E-state index is -0.678. The van der Waals surface area contributed by atoms with Gasteiger partial charge < -0.3 is 36.4 Å². The molecule has 338 valence electrons. The van der Waals surface area contributed by atoms with Gasteiger partial charge in [0, 0.05) is 47.5 Å². The molecule has 2 aromatic rings. The number of aliphatic hydroxyl groups excluding tert-OH is 2. The Morgan fingerprint density at radius 2 is 1.71 bits per heavy atom. The van der Waals surface area contributed by atoms with Crippen LogP contribution in [0.4, 0.5) is 5.69 Å². The Hall–Kier alpha value is -3.08. The molecule has 1 spiro atoms. The lowest BCUT2D eigenvalue weighted by Gasteiger charge is -2.73. The Morgan fingerprint density at radius 1 is 0.935 bits per heavy atom. The molecular formula is C53H75N3O6. The summed E-state index contributed by atoms with van der Waals surface area (Å²) in [4.78, 5) is 30.2. The largest absolute Gasteiger partial charge is 0.508 e. The van der Waals surface area contributed by atoms with Gasteiger partial charge in [0.25, 0.3) is 0 Å². The van der Waals surface area contributed by atoms with E-state index in [2.05, 4.69) is 70.4 Å². The van der Waals surface area contributed by atoms with E-state index in [1.807, 2.05) is 32.2 Å². The van der Waals surface area contributed by atoms with Gasteiger partial charge in [0.15, 0.2) is 5.78 Å². The number of carbonyl (C=O) groups excluding carboxylic acids is 2. The van der Waals surface area contributed by atoms with Gasteiger partial charge in [0.05, 0.1) is 17.8 Å². The van der Waals surface area contributed by atoms with Crippen molar-refractivity contribution in [2.24, 2.45) is 51.2 Å². The predicted molar refractivity (Wildman–Crippen MR) is 243 cm³/mol. The first-order valence-corrected chi connectivity index (χ1v) is 24.2. The van der Waals surface area contributed by atoms with Crippen LogP contribution in [0.2, 0.25) is 0 Å². The number of carbonyl (C=O) groups is 2. The average molecular weight is 850 g/mol. The number of phenolic OH excluding ortho intramolecular Hbond substituents is 1. The maximum absolute atomic E-state index is 15.2. The minimum absolute atomic E-state index is 0.0222. The number of phenols is 1. The topological polar surface area (TPSA) is 157 Å². The Labute approximate surface area is 370 Å². The van der Waals surface area contributed by atoms with Crippen molar-refractivity contribution in [2.45, 2.75) is 167 Å². The summed E-state index contributed by atoms with van der Waals surface area (Å²) in [5.41, 5.74) is 10.5. The summed E-state index contributed by atoms with van der Waals surface area (Å²) in [5, 5.41) is 40.8. The molecule has 1 aliphatic heterocycles. The zero-order chi connectivity index (χ0) is 44.3. The number of aliphatic hydroxyl groups is 2. The molecule has 9 heteroatoms. The standard InChI is InChI=1S/C53H75N3O6/c1-29(20-42(59)48-52(7,62-48)38-15-10-14-36(38)32-12-9-13-34(54)23-32)44-39-17-18-43-50(5)25-37(33-21-31(28-55-8)22-35(58)24-33)47(61)49(3,4)46(50)41(56-27-30(2)57)26-53(43)19-11-16-40(45(44)60)51(39,53)6/h9,12-13,21-24,29-30,36-38,40-43,46,48,55-59H,10-11,14-20,25-28,54H2,1-8H3. The van der Waals surface area contributed by atoms with Gasteiger partial charge in [0.2, 0.25) is 0 Å². The second-order valence-electron chi connectivity index (χ2n) is 22.7. The Morgan fingerprint density at radius 3 is 2.44 bits per heavy atom. The average Bonchev–Trinajstić information content (AvgIpc) is 3.53. The third-order valence-electron chi connectivity index (χ3n) is 19.0. The molecule has 5 saturated carbocycles. The zero-order valence-electron chi connectivity index (χ0n) is 38.7. The van der Waals surface area contributed by atoms with Crippen LogP contribution in [0.25, 0.3) is 0 Å². The van der Waals surface area contributed by atoms with Crippen molar-refractivity contribution < 1.29 is 29.6 Å². The number of ether oxygens (including phenoxy) is 1. The van der Waals surface area contributed by atoms with Crippen molar-refractivity contribution in [3.8, 4) is 5.75 Å². The lowest BCUT2D eigenvalue weighted by Crippen LogP contribution is -2.71. The SMILES string of the molecule is CNCc1cc(O)cc(C2CC3(C)C(C(NCC(C)O)CC45CCCC6C(=O)C(C(C)CC(O)C7OC7(C)C7CCCC7c7cccc(N)c7)=C(CCC34)C65C)C(C)(C)C2=O)c1. The molecular weight excluding hydrogens is 775 g/mol. The number of anilines is 1. The number of fused-ring (bicyclic) bond motifs is 2. The molecule has 0 radical (unpaired) electrons. The van der Waals surface area contributed by atoms with E-state index in [-0.39, 0.29) is 69.5 Å². The van der Waals surface area contributed by atoms with Crippen LogP contribution in [0.15, 0.2) is 53.6 Å². The van der Waals surface area contributed by atoms with Crippen LogP contribution < -0.4 is 16.4 Å². The Balaban J connectivity index is 1.05. The molecule has 7 N–H and O–H groups in total. The monoisotopic (exact) mass is 850 g/mol. The Bertz CT molecular complexity index is 2130. The molecule has 9 rings (SSSR count). The fourth-order valence-electron chi connectivity index (χ4n) is 16.8. The van der Waals surface area contributed by atoms with Gasteiger partial charge in [-0.3, -0.25) is 9.59 Å². The summed E-state index contributed by atoms with van der Waals surface area (Å²) < 4.78 is 6.54. The van der Waals surface area contributed by atoms with E-state index in [0.29, 0.717) is 43.6 Å². The van der Waals surface area contributed by atoms with Crippen LogP contribution in [-0.2, 0) is 20.9 Å². The summed E-state index contributed by atoms with van der Waals surface area (Å²) >= 11 is 0. The van der Waals surface area contributed by atoms with Crippen molar-refractivity contribution in [2.75, 3.05) is 19.3 Å². The van der Waals surface area contributed by atoms with E-state index < -0.39 is 23.2 Å². The lowest BCUT2D eigenvalue weighted by atomic mass is 9.31. The first kappa shape index (κ1) is 44.1. The quantitative estimate of drug-likeness (QED) is 0.0913. The maximum atomic E-state index is 15.2. The van der Waals surface area contributed by atoms with Gasteiger partial charge in [-0.25, -0.2) is 0 Å². The highest BCUT2D eigenvalue weighted by Crippen LogP contribution is 2.78. The Kier molecular flexibility index (Phi) is 11.1. The van der Waals surface area contributed by atoms with Crippen LogP contribution in [0, 0.1) is 51.2 Å². The number of nitrogens with one attached hydrogen (secondary N) is 2. The van der Waals surface area contributed by atoms with Crippen molar-refractivity contribution in [1.82, 2.24) is 10.6 Å². The van der Waals surface area contributed by atoms with Crippen molar-refractivity contribution in [1.29, 1.82) is 0 Å². The number of nitrogens with two attached hydrogens (primary N) is 1. The highest BCUT2D eigenvalue weighted by Gasteiger charge is 2.75. The summed E-state index contributed by atoms with van der Waals surface area (Å²) in [7, 11) is 1.89. The minimum Gasteiger partial charge on any atom is -0.508 e. The molecule has 6 aliphatic carbocycles. The van der Waals surface area contributed by atoms with Gasteiger partial charge in [-0.15, -0.1) is 0 Å². The molecule has 6 fully saturated rings. The highest BCUT2D eigenvalue weighted by atomic mass is 16.6. The van der Waals surface area contributed by atoms with Crippen molar-refractivity contribution in [3.63, 3.8) is 0 Å². The number of epoxide rings is 1. The number of ketones is 2. The molecule has 1 saturated heterocycles. The first-order chi connectivity index (χ1) is 29.3. The second-order valence-corrected chi connectivity index (χ2v) is 22.7. The van der Waals surface area contributed by atoms with E-state index in [4.69, 9.17) is 10.5 Å². The third-order valence-corrected chi connectivity index (χ3v) is 19.0. The summed E-state index contributed by atoms with van der Waals surface area (Å²) in [5.74, 6) is 1.09. The van der Waals surface area contributed by atoms with Gasteiger partial charge in [-0.1, -0.05) is 71.2 Å². The summed E-state index contributed by atoms with van der Waals surface area (Å²) in [6.45, 7) is 16.4. The number of rotatable bonds is 12. The van der Waals surface area contributed by atoms with E-state index in [1.165, 1.54) is 11.1 Å². The van der Waals surface area contributed by atoms with Crippen LogP contribution in [-0.4, -0.2) is 70.4 Å². The van der Waals surface area contributed by atoms with Crippen molar-refractivity contribution in [3.05, 3.63) is 70.3 Å². The van der Waals surface area contributed by atoms with Gasteiger partial charge in [-0.2, -0.15) is 0 Å². The first-order valence-electron chi connectivity index (χ1n) is 24.2. The second kappa shape index (κ2) is 15.5. The normalized spacial score (nSPS) is 41.0. The maximum Gasteiger partial charge on any atom is 0.163 e. The van der Waals surface area contributed by atoms with Crippen LogP contribution >= 0.6 is 0 Å². The van der Waals surface area contributed by atoms with Gasteiger partial charge >= 0.3 is 0 Å². The summed E-state index contributed by atoms with van der Waals surface area (Å²) in [6.07, 6.45) is 8.56. The fraction of sp³-hybridized carbons (Fsp3) is 0.698. The van der Waals surface area contributed by atoms with Gasteiger partial charge in [0.1, 0.15) is 17.6 Å². The molecule has 9 nitrogen and oxygen atoms in total. The number of allylic oxidation sites excluding steroid dienone is 2. The molecule has 15 unspecified atom stereocenters.